The highest BCUT2D eigenvalue weighted by atomic mass is 35.5. The number of nitrogen functional groups attached to an aromatic ring is 1. The smallest absolute Gasteiger partial charge is 0.255 e. The van der Waals surface area contributed by atoms with Crippen molar-refractivity contribution >= 4 is 40.5 Å². The molecule has 0 aromatic heterocycles. The van der Waals surface area contributed by atoms with Gasteiger partial charge in [0.2, 0.25) is 0 Å². The number of hydrogen-bond donors (Lipinski definition) is 2. The molecule has 3 nitrogen and oxygen atoms in total. The number of nitrogens with one attached hydrogen (secondary N) is 1. The number of carbonyl (C=O) groups excluding carboxylic acids is 1. The van der Waals surface area contributed by atoms with Crippen LogP contribution < -0.4 is 11.1 Å². The van der Waals surface area contributed by atoms with Gasteiger partial charge in [-0.2, -0.15) is 0 Å². The first-order valence-corrected chi connectivity index (χ1v) is 6.35. The maximum atomic E-state index is 12.1. The van der Waals surface area contributed by atoms with Crippen molar-refractivity contribution in [2.45, 2.75) is 6.92 Å². The van der Waals surface area contributed by atoms with Crippen molar-refractivity contribution in [3.8, 4) is 0 Å². The van der Waals surface area contributed by atoms with Gasteiger partial charge in [-0.3, -0.25) is 4.79 Å². The van der Waals surface area contributed by atoms with E-state index in [1.54, 1.807) is 36.4 Å². The predicted molar refractivity (Wildman–Crippen MR) is 80.0 cm³/mol. The number of halogens is 2. The van der Waals surface area contributed by atoms with E-state index >= 15 is 0 Å². The molecular formula is C14H12Cl2N2O. The van der Waals surface area contributed by atoms with Crippen molar-refractivity contribution in [1.82, 2.24) is 0 Å². The number of amides is 1. The molecule has 0 fully saturated rings. The third kappa shape index (κ3) is 3.19. The zero-order valence-electron chi connectivity index (χ0n) is 10.2. The van der Waals surface area contributed by atoms with Crippen LogP contribution in [-0.2, 0) is 0 Å². The van der Waals surface area contributed by atoms with Gasteiger partial charge in [0.05, 0.1) is 11.4 Å². The summed E-state index contributed by atoms with van der Waals surface area (Å²) in [5.74, 6) is -0.233. The quantitative estimate of drug-likeness (QED) is 0.818. The highest BCUT2D eigenvalue weighted by Gasteiger charge is 2.11. The van der Waals surface area contributed by atoms with Crippen LogP contribution in [0.5, 0.6) is 0 Å². The first kappa shape index (κ1) is 13.7. The Hall–Kier alpha value is -1.71. The minimum absolute atomic E-state index is 0.233. The molecule has 0 heterocycles. The monoisotopic (exact) mass is 294 g/mol. The number of aryl methyl sites for hydroxylation is 1. The average molecular weight is 295 g/mol. The highest BCUT2D eigenvalue weighted by Crippen LogP contribution is 2.24. The third-order valence-corrected chi connectivity index (χ3v) is 3.17. The van der Waals surface area contributed by atoms with Crippen LogP contribution in [0.15, 0.2) is 36.4 Å². The van der Waals surface area contributed by atoms with Crippen LogP contribution in [0.4, 0.5) is 11.4 Å². The van der Waals surface area contributed by atoms with Gasteiger partial charge in [0.25, 0.3) is 5.91 Å². The standard InChI is InChI=1S/C14H12Cl2N2O/c1-8-6-9(15)2-4-11(8)14(19)18-13-5-3-10(16)7-12(13)17/h2-7H,17H2,1H3,(H,18,19). The number of anilines is 2. The molecular weight excluding hydrogens is 283 g/mol. The first-order chi connectivity index (χ1) is 8.97. The Morgan fingerprint density at radius 3 is 2.37 bits per heavy atom. The van der Waals surface area contributed by atoms with Crippen LogP contribution in [0.1, 0.15) is 15.9 Å². The first-order valence-electron chi connectivity index (χ1n) is 5.60. The summed E-state index contributed by atoms with van der Waals surface area (Å²) in [5, 5.41) is 3.87. The molecule has 0 spiro atoms. The van der Waals surface area contributed by atoms with Gasteiger partial charge in [0.1, 0.15) is 0 Å². The molecule has 0 aliphatic rings. The Morgan fingerprint density at radius 1 is 1.11 bits per heavy atom. The van der Waals surface area contributed by atoms with E-state index in [1.807, 2.05) is 6.92 Å². The van der Waals surface area contributed by atoms with Gasteiger partial charge in [0, 0.05) is 15.6 Å². The Morgan fingerprint density at radius 2 is 1.74 bits per heavy atom. The summed E-state index contributed by atoms with van der Waals surface area (Å²) in [6.45, 7) is 1.83. The van der Waals surface area contributed by atoms with Crippen LogP contribution in [0.3, 0.4) is 0 Å². The zero-order chi connectivity index (χ0) is 14.0. The lowest BCUT2D eigenvalue weighted by Crippen LogP contribution is -2.14. The molecule has 2 aromatic rings. The summed E-state index contributed by atoms with van der Waals surface area (Å²) in [6, 6.07) is 10.0. The maximum absolute atomic E-state index is 12.1. The SMILES string of the molecule is Cc1cc(Cl)ccc1C(=O)Nc1ccc(Cl)cc1N. The number of carbonyl (C=O) groups is 1. The Balaban J connectivity index is 2.25. The lowest BCUT2D eigenvalue weighted by atomic mass is 10.1. The third-order valence-electron chi connectivity index (χ3n) is 2.69. The minimum atomic E-state index is -0.233. The average Bonchev–Trinajstić information content (AvgIpc) is 2.32. The Labute approximate surface area is 121 Å². The second-order valence-electron chi connectivity index (χ2n) is 4.14. The van der Waals surface area contributed by atoms with Crippen LogP contribution in [0, 0.1) is 6.92 Å². The van der Waals surface area contributed by atoms with E-state index < -0.39 is 0 Å². The summed E-state index contributed by atoms with van der Waals surface area (Å²) < 4.78 is 0. The van der Waals surface area contributed by atoms with E-state index in [2.05, 4.69) is 5.32 Å². The summed E-state index contributed by atoms with van der Waals surface area (Å²) >= 11 is 11.7. The van der Waals surface area contributed by atoms with Crippen LogP contribution in [0.2, 0.25) is 10.0 Å². The molecule has 0 saturated heterocycles. The lowest BCUT2D eigenvalue weighted by Gasteiger charge is -2.10. The van der Waals surface area contributed by atoms with Crippen LogP contribution >= 0.6 is 23.2 Å². The minimum Gasteiger partial charge on any atom is -0.397 e. The molecule has 0 saturated carbocycles. The van der Waals surface area contributed by atoms with Crippen molar-refractivity contribution in [3.05, 3.63) is 57.6 Å². The molecule has 0 radical (unpaired) electrons. The molecule has 98 valence electrons. The van der Waals surface area contributed by atoms with E-state index in [-0.39, 0.29) is 5.91 Å². The van der Waals surface area contributed by atoms with E-state index in [0.29, 0.717) is 27.0 Å². The second-order valence-corrected chi connectivity index (χ2v) is 5.02. The summed E-state index contributed by atoms with van der Waals surface area (Å²) in [6.07, 6.45) is 0. The Kier molecular flexibility index (Phi) is 3.98. The predicted octanol–water partition coefficient (Wildman–Crippen LogP) is 4.14. The molecule has 0 atom stereocenters. The number of nitrogens with two attached hydrogens (primary N) is 1. The lowest BCUT2D eigenvalue weighted by molar-refractivity contribution is 0.102. The van der Waals surface area contributed by atoms with Gasteiger partial charge in [0.15, 0.2) is 0 Å². The molecule has 0 aliphatic carbocycles. The van der Waals surface area contributed by atoms with Crippen LogP contribution in [0.25, 0.3) is 0 Å². The summed E-state index contributed by atoms with van der Waals surface area (Å²) in [7, 11) is 0. The molecule has 1 amide bonds. The fourth-order valence-electron chi connectivity index (χ4n) is 1.72. The van der Waals surface area contributed by atoms with Crippen molar-refractivity contribution in [2.24, 2.45) is 0 Å². The van der Waals surface area contributed by atoms with Gasteiger partial charge >= 0.3 is 0 Å². The van der Waals surface area contributed by atoms with E-state index in [1.165, 1.54) is 0 Å². The topological polar surface area (TPSA) is 55.1 Å². The normalized spacial score (nSPS) is 10.3. The van der Waals surface area contributed by atoms with E-state index in [9.17, 15) is 4.79 Å². The summed E-state index contributed by atoms with van der Waals surface area (Å²) in [5.41, 5.74) is 8.10. The van der Waals surface area contributed by atoms with Gasteiger partial charge in [-0.05, 0) is 48.9 Å². The van der Waals surface area contributed by atoms with Crippen LogP contribution in [-0.4, -0.2) is 5.91 Å². The molecule has 2 rings (SSSR count). The molecule has 0 bridgehead atoms. The fraction of sp³-hybridized carbons (Fsp3) is 0.0714. The molecule has 0 aliphatic heterocycles. The van der Waals surface area contributed by atoms with Crippen molar-refractivity contribution in [3.63, 3.8) is 0 Å². The van der Waals surface area contributed by atoms with E-state index in [0.717, 1.165) is 5.56 Å². The van der Waals surface area contributed by atoms with Gasteiger partial charge in [-0.15, -0.1) is 0 Å². The van der Waals surface area contributed by atoms with Crippen molar-refractivity contribution in [1.29, 1.82) is 0 Å². The number of rotatable bonds is 2. The largest absolute Gasteiger partial charge is 0.397 e. The molecule has 0 unspecified atom stereocenters. The van der Waals surface area contributed by atoms with Gasteiger partial charge in [-0.1, -0.05) is 23.2 Å². The maximum Gasteiger partial charge on any atom is 0.255 e. The van der Waals surface area contributed by atoms with E-state index in [4.69, 9.17) is 28.9 Å². The fourth-order valence-corrected chi connectivity index (χ4v) is 2.13. The molecule has 19 heavy (non-hydrogen) atoms. The Bertz CT molecular complexity index is 641. The number of hydrogen-bond acceptors (Lipinski definition) is 2. The van der Waals surface area contributed by atoms with Gasteiger partial charge < -0.3 is 11.1 Å². The van der Waals surface area contributed by atoms with Gasteiger partial charge in [-0.25, -0.2) is 0 Å². The highest BCUT2D eigenvalue weighted by molar-refractivity contribution is 6.31. The molecule has 2 aromatic carbocycles. The van der Waals surface area contributed by atoms with Crippen molar-refractivity contribution < 1.29 is 4.79 Å². The summed E-state index contributed by atoms with van der Waals surface area (Å²) in [4.78, 5) is 12.1. The number of benzene rings is 2. The molecule has 5 heteroatoms. The van der Waals surface area contributed by atoms with Crippen molar-refractivity contribution in [2.75, 3.05) is 11.1 Å². The zero-order valence-corrected chi connectivity index (χ0v) is 11.7. The molecule has 3 N–H and O–H groups in total. The second kappa shape index (κ2) is 5.51.